The van der Waals surface area contributed by atoms with Crippen molar-refractivity contribution < 1.29 is 9.90 Å². The maximum atomic E-state index is 12.1. The summed E-state index contributed by atoms with van der Waals surface area (Å²) in [6.45, 7) is 11.6. The number of hydrogen-bond acceptors (Lipinski definition) is 3. The van der Waals surface area contributed by atoms with Crippen LogP contribution in [0.3, 0.4) is 0 Å². The van der Waals surface area contributed by atoms with Crippen LogP contribution < -0.4 is 0 Å². The summed E-state index contributed by atoms with van der Waals surface area (Å²) in [5, 5.41) is 10.7. The quantitative estimate of drug-likeness (QED) is 0.897. The molecule has 1 aromatic rings. The highest BCUT2D eigenvalue weighted by Gasteiger charge is 2.50. The van der Waals surface area contributed by atoms with Crippen molar-refractivity contribution in [1.82, 2.24) is 9.80 Å². The summed E-state index contributed by atoms with van der Waals surface area (Å²) in [5.41, 5.74) is 2.28. The van der Waals surface area contributed by atoms with Crippen molar-refractivity contribution in [2.24, 2.45) is 5.41 Å². The summed E-state index contributed by atoms with van der Waals surface area (Å²) >= 11 is 0. The Kier molecular flexibility index (Phi) is 4.95. The third-order valence-electron chi connectivity index (χ3n) is 6.42. The molecule has 4 heteroatoms. The predicted molar refractivity (Wildman–Crippen MR) is 100 cm³/mol. The van der Waals surface area contributed by atoms with Crippen LogP contribution in [0.25, 0.3) is 0 Å². The van der Waals surface area contributed by atoms with Gasteiger partial charge in [0.25, 0.3) is 0 Å². The molecule has 1 spiro atoms. The standard InChI is InChI=1S/C21H32N2O2/c1-16-6-5-7-18(12-16)14-22-10-8-21(9-11-22)13-19(25)20(3,4)23(15-21)17(2)24/h5-7,12,19,25H,8-11,13-15H2,1-4H3. The lowest BCUT2D eigenvalue weighted by Gasteiger charge is -2.55. The highest BCUT2D eigenvalue weighted by atomic mass is 16.3. The molecule has 2 fully saturated rings. The number of aliphatic hydroxyl groups excluding tert-OH is 1. The van der Waals surface area contributed by atoms with Gasteiger partial charge in [0, 0.05) is 20.0 Å². The van der Waals surface area contributed by atoms with E-state index >= 15 is 0 Å². The number of carbonyl (C=O) groups is 1. The summed E-state index contributed by atoms with van der Waals surface area (Å²) in [6.07, 6.45) is 2.46. The Morgan fingerprint density at radius 3 is 2.56 bits per heavy atom. The van der Waals surface area contributed by atoms with Crippen LogP contribution in [0.5, 0.6) is 0 Å². The number of amides is 1. The van der Waals surface area contributed by atoms with Gasteiger partial charge >= 0.3 is 0 Å². The summed E-state index contributed by atoms with van der Waals surface area (Å²) in [5.74, 6) is 0.0744. The largest absolute Gasteiger partial charge is 0.391 e. The average molecular weight is 344 g/mol. The lowest BCUT2D eigenvalue weighted by Crippen LogP contribution is -2.64. The molecule has 1 atom stereocenters. The van der Waals surface area contributed by atoms with Crippen LogP contribution in [0, 0.1) is 12.3 Å². The van der Waals surface area contributed by atoms with Crippen molar-refractivity contribution >= 4 is 5.91 Å². The second kappa shape index (κ2) is 6.73. The first-order valence-electron chi connectivity index (χ1n) is 9.46. The van der Waals surface area contributed by atoms with Gasteiger partial charge in [0.15, 0.2) is 0 Å². The minimum absolute atomic E-state index is 0.0731. The van der Waals surface area contributed by atoms with Gasteiger partial charge in [-0.3, -0.25) is 9.69 Å². The molecular formula is C21H32N2O2. The molecule has 1 unspecified atom stereocenters. The Labute approximate surface area is 151 Å². The van der Waals surface area contributed by atoms with E-state index in [1.807, 2.05) is 18.7 Å². The molecule has 25 heavy (non-hydrogen) atoms. The lowest BCUT2D eigenvalue weighted by atomic mass is 9.67. The number of aryl methyl sites for hydroxylation is 1. The average Bonchev–Trinajstić information content (AvgIpc) is 2.53. The normalized spacial score (nSPS) is 26.0. The molecule has 1 aromatic carbocycles. The minimum Gasteiger partial charge on any atom is -0.391 e. The SMILES string of the molecule is CC(=O)N1CC2(CCN(Cc3cccc(C)c3)CC2)CC(O)C1(C)C. The molecule has 4 nitrogen and oxygen atoms in total. The highest BCUT2D eigenvalue weighted by molar-refractivity contribution is 5.74. The zero-order chi connectivity index (χ0) is 18.2. The third-order valence-corrected chi connectivity index (χ3v) is 6.42. The van der Waals surface area contributed by atoms with Crippen molar-refractivity contribution in [3.63, 3.8) is 0 Å². The van der Waals surface area contributed by atoms with E-state index in [-0.39, 0.29) is 11.3 Å². The van der Waals surface area contributed by atoms with Gasteiger partial charge in [-0.2, -0.15) is 0 Å². The van der Waals surface area contributed by atoms with Gasteiger partial charge in [-0.1, -0.05) is 29.8 Å². The number of aliphatic hydroxyl groups is 1. The van der Waals surface area contributed by atoms with Crippen molar-refractivity contribution in [3.8, 4) is 0 Å². The van der Waals surface area contributed by atoms with Gasteiger partial charge in [-0.05, 0) is 64.1 Å². The van der Waals surface area contributed by atoms with E-state index in [1.165, 1.54) is 11.1 Å². The van der Waals surface area contributed by atoms with Crippen LogP contribution in [0.2, 0.25) is 0 Å². The monoisotopic (exact) mass is 344 g/mol. The molecule has 2 saturated heterocycles. The number of benzene rings is 1. The number of rotatable bonds is 2. The minimum atomic E-state index is -0.463. The topological polar surface area (TPSA) is 43.8 Å². The highest BCUT2D eigenvalue weighted by Crippen LogP contribution is 2.45. The number of carbonyl (C=O) groups excluding carboxylic acids is 1. The summed E-state index contributed by atoms with van der Waals surface area (Å²) in [4.78, 5) is 16.5. The molecule has 0 aliphatic carbocycles. The second-order valence-corrected chi connectivity index (χ2v) is 8.74. The zero-order valence-electron chi connectivity index (χ0n) is 16.1. The molecule has 3 rings (SSSR count). The molecule has 2 heterocycles. The van der Waals surface area contributed by atoms with Crippen LogP contribution in [0.1, 0.15) is 51.2 Å². The van der Waals surface area contributed by atoms with Crippen molar-refractivity contribution in [3.05, 3.63) is 35.4 Å². The predicted octanol–water partition coefficient (Wildman–Crippen LogP) is 2.97. The van der Waals surface area contributed by atoms with E-state index in [4.69, 9.17) is 0 Å². The Morgan fingerprint density at radius 2 is 1.96 bits per heavy atom. The van der Waals surface area contributed by atoms with Gasteiger partial charge in [0.2, 0.25) is 5.91 Å². The molecule has 2 aliphatic heterocycles. The first-order valence-corrected chi connectivity index (χ1v) is 9.46. The van der Waals surface area contributed by atoms with E-state index in [9.17, 15) is 9.90 Å². The fourth-order valence-electron chi connectivity index (χ4n) is 4.58. The van der Waals surface area contributed by atoms with Crippen LogP contribution in [0.15, 0.2) is 24.3 Å². The molecule has 0 bridgehead atoms. The molecule has 2 aliphatic rings. The van der Waals surface area contributed by atoms with Crippen LogP contribution in [0.4, 0.5) is 0 Å². The smallest absolute Gasteiger partial charge is 0.219 e. The van der Waals surface area contributed by atoms with Gasteiger partial charge in [0.05, 0.1) is 11.6 Å². The number of likely N-dealkylation sites (tertiary alicyclic amines) is 2. The van der Waals surface area contributed by atoms with Crippen molar-refractivity contribution in [1.29, 1.82) is 0 Å². The molecule has 138 valence electrons. The van der Waals surface area contributed by atoms with Crippen molar-refractivity contribution in [2.45, 2.75) is 65.1 Å². The van der Waals surface area contributed by atoms with Crippen molar-refractivity contribution in [2.75, 3.05) is 19.6 Å². The maximum absolute atomic E-state index is 12.1. The molecule has 1 amide bonds. The Balaban J connectivity index is 1.65. The summed E-state index contributed by atoms with van der Waals surface area (Å²) in [7, 11) is 0. The first kappa shape index (κ1) is 18.4. The van der Waals surface area contributed by atoms with Gasteiger partial charge in [-0.25, -0.2) is 0 Å². The van der Waals surface area contributed by atoms with Gasteiger partial charge in [-0.15, -0.1) is 0 Å². The number of piperidine rings is 2. The lowest BCUT2D eigenvalue weighted by molar-refractivity contribution is -0.157. The molecule has 1 N–H and O–H groups in total. The molecule has 0 saturated carbocycles. The van der Waals surface area contributed by atoms with E-state index in [1.54, 1.807) is 6.92 Å². The van der Waals surface area contributed by atoms with Crippen LogP contribution in [-0.4, -0.2) is 52.1 Å². The Morgan fingerprint density at radius 1 is 1.28 bits per heavy atom. The van der Waals surface area contributed by atoms with Crippen LogP contribution >= 0.6 is 0 Å². The van der Waals surface area contributed by atoms with E-state index in [0.717, 1.165) is 45.4 Å². The zero-order valence-corrected chi connectivity index (χ0v) is 16.1. The van der Waals surface area contributed by atoms with E-state index in [2.05, 4.69) is 36.1 Å². The second-order valence-electron chi connectivity index (χ2n) is 8.74. The summed E-state index contributed by atoms with van der Waals surface area (Å²) in [6, 6.07) is 8.72. The van der Waals surface area contributed by atoms with E-state index < -0.39 is 11.6 Å². The van der Waals surface area contributed by atoms with Gasteiger partial charge < -0.3 is 10.0 Å². The molecule has 0 aromatic heterocycles. The number of hydrogen-bond donors (Lipinski definition) is 1. The Hall–Kier alpha value is -1.39. The first-order chi connectivity index (χ1) is 11.7. The van der Waals surface area contributed by atoms with E-state index in [0.29, 0.717) is 0 Å². The van der Waals surface area contributed by atoms with Gasteiger partial charge in [0.1, 0.15) is 0 Å². The fraction of sp³-hybridized carbons (Fsp3) is 0.667. The molecular weight excluding hydrogens is 312 g/mol. The molecule has 0 radical (unpaired) electrons. The maximum Gasteiger partial charge on any atom is 0.219 e. The fourth-order valence-corrected chi connectivity index (χ4v) is 4.58. The third kappa shape index (κ3) is 3.75. The number of nitrogens with zero attached hydrogens (tertiary/aromatic N) is 2. The van der Waals surface area contributed by atoms with Crippen LogP contribution in [-0.2, 0) is 11.3 Å². The Bertz CT molecular complexity index is 633. The summed E-state index contributed by atoms with van der Waals surface area (Å²) < 4.78 is 0.